The van der Waals surface area contributed by atoms with Gasteiger partial charge in [0, 0.05) is 16.3 Å². The smallest absolute Gasteiger partial charge is 0.238 e. The molecule has 0 saturated carbocycles. The first-order valence-corrected chi connectivity index (χ1v) is 8.23. The predicted molar refractivity (Wildman–Crippen MR) is 81.7 cm³/mol. The minimum Gasteiger partial charge on any atom is -0.321 e. The Bertz CT molecular complexity index is 479. The van der Waals surface area contributed by atoms with Gasteiger partial charge in [0.2, 0.25) is 5.91 Å². The van der Waals surface area contributed by atoms with Crippen LogP contribution >= 0.6 is 11.3 Å². The van der Waals surface area contributed by atoms with Gasteiger partial charge in [0.1, 0.15) is 6.17 Å². The summed E-state index contributed by atoms with van der Waals surface area (Å²) in [4.78, 5) is 19.2. The second kappa shape index (κ2) is 5.84. The third-order valence-electron chi connectivity index (χ3n) is 4.40. The molecule has 1 aromatic rings. The van der Waals surface area contributed by atoms with E-state index in [0.29, 0.717) is 12.5 Å². The lowest BCUT2D eigenvalue weighted by molar-refractivity contribution is -0.128. The van der Waals surface area contributed by atoms with E-state index in [2.05, 4.69) is 41.2 Å². The average Bonchev–Trinajstić information content (AvgIpc) is 3.00. The van der Waals surface area contributed by atoms with Crippen LogP contribution in [-0.4, -0.2) is 48.9 Å². The predicted octanol–water partition coefficient (Wildman–Crippen LogP) is 1.83. The lowest BCUT2D eigenvalue weighted by atomic mass is 9.96. The zero-order valence-electron chi connectivity index (χ0n) is 12.3. The molecule has 1 N–H and O–H groups in total. The average molecular weight is 293 g/mol. The molecule has 3 rings (SSSR count). The number of piperidine rings is 1. The molecule has 1 aromatic heterocycles. The molecular weight excluding hydrogens is 270 g/mol. The number of nitrogens with zero attached hydrogens (tertiary/aromatic N) is 2. The van der Waals surface area contributed by atoms with E-state index in [9.17, 15) is 4.79 Å². The molecule has 1 amide bonds. The quantitative estimate of drug-likeness (QED) is 0.923. The van der Waals surface area contributed by atoms with Crippen LogP contribution in [0.25, 0.3) is 0 Å². The zero-order chi connectivity index (χ0) is 14.1. The summed E-state index contributed by atoms with van der Waals surface area (Å²) in [6.45, 7) is 5.81. The summed E-state index contributed by atoms with van der Waals surface area (Å²) in [6, 6.07) is 4.29. The molecule has 2 aliphatic rings. The molecule has 1 unspecified atom stereocenters. The van der Waals surface area contributed by atoms with Gasteiger partial charge >= 0.3 is 0 Å². The Morgan fingerprint density at radius 2 is 2.10 bits per heavy atom. The first-order valence-electron chi connectivity index (χ1n) is 7.41. The molecular formula is C15H23N3OS. The van der Waals surface area contributed by atoms with Crippen molar-refractivity contribution in [1.29, 1.82) is 0 Å². The second-order valence-electron chi connectivity index (χ2n) is 6.02. The Hall–Kier alpha value is -0.910. The molecule has 0 bridgehead atoms. The van der Waals surface area contributed by atoms with Crippen LogP contribution in [-0.2, 0) is 4.79 Å². The Kier molecular flexibility index (Phi) is 4.10. The van der Waals surface area contributed by atoms with Gasteiger partial charge < -0.3 is 9.80 Å². The standard InChI is InChI=1S/C15H23N3OS/c1-11-3-4-13(20-11)15-16-9-14(19)18(15)10-12-5-7-17(2)8-6-12/h3-4,12,15-16H,5-10H2,1-2H3. The topological polar surface area (TPSA) is 35.6 Å². The summed E-state index contributed by atoms with van der Waals surface area (Å²) in [5, 5.41) is 3.36. The molecule has 20 heavy (non-hydrogen) atoms. The third-order valence-corrected chi connectivity index (χ3v) is 5.46. The van der Waals surface area contributed by atoms with Crippen LogP contribution in [0.2, 0.25) is 0 Å². The third kappa shape index (κ3) is 2.90. The minimum atomic E-state index is 0.0980. The number of carbonyl (C=O) groups excluding carboxylic acids is 1. The van der Waals surface area contributed by atoms with Crippen LogP contribution in [0.15, 0.2) is 12.1 Å². The lowest BCUT2D eigenvalue weighted by Gasteiger charge is -2.33. The summed E-state index contributed by atoms with van der Waals surface area (Å²) in [5.41, 5.74) is 0. The largest absolute Gasteiger partial charge is 0.321 e. The van der Waals surface area contributed by atoms with Gasteiger partial charge in [0.25, 0.3) is 0 Å². The Morgan fingerprint density at radius 1 is 1.35 bits per heavy atom. The maximum Gasteiger partial charge on any atom is 0.238 e. The minimum absolute atomic E-state index is 0.0980. The van der Waals surface area contributed by atoms with Gasteiger partial charge in [-0.15, -0.1) is 11.3 Å². The van der Waals surface area contributed by atoms with Crippen molar-refractivity contribution in [1.82, 2.24) is 15.1 Å². The molecule has 2 fully saturated rings. The number of likely N-dealkylation sites (tertiary alicyclic amines) is 1. The van der Waals surface area contributed by atoms with E-state index in [1.807, 2.05) is 0 Å². The van der Waals surface area contributed by atoms with E-state index in [-0.39, 0.29) is 12.1 Å². The summed E-state index contributed by atoms with van der Waals surface area (Å²) in [6.07, 6.45) is 2.51. The summed E-state index contributed by atoms with van der Waals surface area (Å²) >= 11 is 1.79. The number of amides is 1. The highest BCUT2D eigenvalue weighted by atomic mass is 32.1. The summed E-state index contributed by atoms with van der Waals surface area (Å²) < 4.78 is 0. The van der Waals surface area contributed by atoms with Crippen molar-refractivity contribution in [2.75, 3.05) is 33.2 Å². The highest BCUT2D eigenvalue weighted by molar-refractivity contribution is 7.12. The van der Waals surface area contributed by atoms with Crippen LogP contribution in [0.3, 0.4) is 0 Å². The number of carbonyl (C=O) groups is 1. The van der Waals surface area contributed by atoms with Gasteiger partial charge in [-0.3, -0.25) is 10.1 Å². The Labute approximate surface area is 124 Å². The van der Waals surface area contributed by atoms with Crippen molar-refractivity contribution in [2.24, 2.45) is 5.92 Å². The van der Waals surface area contributed by atoms with Gasteiger partial charge in [-0.05, 0) is 58.0 Å². The molecule has 5 heteroatoms. The van der Waals surface area contributed by atoms with E-state index in [4.69, 9.17) is 0 Å². The van der Waals surface area contributed by atoms with E-state index in [0.717, 1.165) is 19.6 Å². The van der Waals surface area contributed by atoms with Gasteiger partial charge in [-0.1, -0.05) is 0 Å². The van der Waals surface area contributed by atoms with E-state index in [1.54, 1.807) is 11.3 Å². The number of nitrogens with one attached hydrogen (secondary N) is 1. The SMILES string of the molecule is Cc1ccc(C2NCC(=O)N2CC2CCN(C)CC2)s1. The molecule has 110 valence electrons. The molecule has 0 aliphatic carbocycles. The maximum atomic E-state index is 12.2. The van der Waals surface area contributed by atoms with E-state index < -0.39 is 0 Å². The molecule has 1 atom stereocenters. The van der Waals surface area contributed by atoms with Crippen LogP contribution in [0, 0.1) is 12.8 Å². The fraction of sp³-hybridized carbons (Fsp3) is 0.667. The van der Waals surface area contributed by atoms with Crippen molar-refractivity contribution in [3.05, 3.63) is 21.9 Å². The molecule has 2 aliphatic heterocycles. The van der Waals surface area contributed by atoms with Crippen molar-refractivity contribution in [3.8, 4) is 0 Å². The number of aryl methyl sites for hydroxylation is 1. The fourth-order valence-electron chi connectivity index (χ4n) is 3.12. The van der Waals surface area contributed by atoms with Crippen LogP contribution in [0.1, 0.15) is 28.8 Å². The first kappa shape index (κ1) is 14.0. The van der Waals surface area contributed by atoms with Crippen molar-refractivity contribution in [2.45, 2.75) is 25.9 Å². The second-order valence-corrected chi connectivity index (χ2v) is 7.34. The molecule has 0 radical (unpaired) electrons. The molecule has 2 saturated heterocycles. The van der Waals surface area contributed by atoms with Gasteiger partial charge in [0.05, 0.1) is 6.54 Å². The number of thiophene rings is 1. The first-order chi connectivity index (χ1) is 9.63. The number of rotatable bonds is 3. The van der Waals surface area contributed by atoms with Crippen LogP contribution in [0.4, 0.5) is 0 Å². The van der Waals surface area contributed by atoms with E-state index >= 15 is 0 Å². The summed E-state index contributed by atoms with van der Waals surface area (Å²) in [5.74, 6) is 0.901. The maximum absolute atomic E-state index is 12.2. The highest BCUT2D eigenvalue weighted by Crippen LogP contribution is 2.30. The van der Waals surface area contributed by atoms with Crippen LogP contribution in [0.5, 0.6) is 0 Å². The summed E-state index contributed by atoms with van der Waals surface area (Å²) in [7, 11) is 2.18. The Balaban J connectivity index is 1.68. The number of hydrogen-bond donors (Lipinski definition) is 1. The Morgan fingerprint density at radius 3 is 2.75 bits per heavy atom. The fourth-order valence-corrected chi connectivity index (χ4v) is 4.09. The van der Waals surface area contributed by atoms with Crippen molar-refractivity contribution in [3.63, 3.8) is 0 Å². The van der Waals surface area contributed by atoms with Gasteiger partial charge in [-0.2, -0.15) is 0 Å². The van der Waals surface area contributed by atoms with Gasteiger partial charge in [-0.25, -0.2) is 0 Å². The van der Waals surface area contributed by atoms with Crippen molar-refractivity contribution < 1.29 is 4.79 Å². The monoisotopic (exact) mass is 293 g/mol. The number of hydrogen-bond acceptors (Lipinski definition) is 4. The lowest BCUT2D eigenvalue weighted by Crippen LogP contribution is -2.39. The van der Waals surface area contributed by atoms with Crippen molar-refractivity contribution >= 4 is 17.2 Å². The molecule has 0 aromatic carbocycles. The van der Waals surface area contributed by atoms with E-state index in [1.165, 1.54) is 22.6 Å². The normalized spacial score (nSPS) is 25.6. The molecule has 4 nitrogen and oxygen atoms in total. The zero-order valence-corrected chi connectivity index (χ0v) is 13.1. The highest BCUT2D eigenvalue weighted by Gasteiger charge is 2.34. The molecule has 3 heterocycles. The molecule has 0 spiro atoms. The van der Waals surface area contributed by atoms with Crippen LogP contribution < -0.4 is 5.32 Å². The van der Waals surface area contributed by atoms with Gasteiger partial charge in [0.15, 0.2) is 0 Å².